The number of carbonyl (C=O) groups is 1. The zero-order valence-electron chi connectivity index (χ0n) is 20.0. The van der Waals surface area contributed by atoms with Gasteiger partial charge in [0.05, 0.1) is 26.2 Å². The molecule has 0 aromatic heterocycles. The van der Waals surface area contributed by atoms with E-state index in [0.717, 1.165) is 37.2 Å². The summed E-state index contributed by atoms with van der Waals surface area (Å²) in [6.45, 7) is 5.46. The van der Waals surface area contributed by atoms with E-state index in [1.807, 2.05) is 12.1 Å². The van der Waals surface area contributed by atoms with Gasteiger partial charge < -0.3 is 24.2 Å². The van der Waals surface area contributed by atoms with Gasteiger partial charge in [-0.25, -0.2) is 4.79 Å². The molecule has 2 heterocycles. The maximum Gasteiger partial charge on any atom is 0.343 e. The van der Waals surface area contributed by atoms with E-state index in [9.17, 15) is 4.79 Å². The topological polar surface area (TPSA) is 50.8 Å². The molecule has 0 spiro atoms. The van der Waals surface area contributed by atoms with Crippen molar-refractivity contribution < 1.29 is 18.8 Å². The lowest BCUT2D eigenvalue weighted by Gasteiger charge is -2.51. The van der Waals surface area contributed by atoms with Gasteiger partial charge in [-0.15, -0.1) is 0 Å². The van der Waals surface area contributed by atoms with Crippen molar-refractivity contribution in [3.8, 4) is 5.75 Å². The number of ether oxygens (including phenoxy) is 2. The normalized spacial score (nSPS) is 19.6. The molecule has 2 aliphatic heterocycles. The number of benzene rings is 2. The van der Waals surface area contributed by atoms with Crippen LogP contribution in [0.3, 0.4) is 0 Å². The molecule has 2 aliphatic rings. The fraction of sp³-hybridized carbons (Fsp3) is 0.519. The Balaban J connectivity index is 1.40. The quantitative estimate of drug-likeness (QED) is 0.490. The van der Waals surface area contributed by atoms with Gasteiger partial charge >= 0.3 is 5.97 Å². The lowest BCUT2D eigenvalue weighted by Crippen LogP contribution is -2.62. The van der Waals surface area contributed by atoms with Crippen LogP contribution >= 0.6 is 0 Å². The smallest absolute Gasteiger partial charge is 0.343 e. The minimum absolute atomic E-state index is 0.0597. The predicted octanol–water partition coefficient (Wildman–Crippen LogP) is 3.61. The van der Waals surface area contributed by atoms with Gasteiger partial charge in [0.1, 0.15) is 12.3 Å². The fourth-order valence-electron chi connectivity index (χ4n) is 5.60. The summed E-state index contributed by atoms with van der Waals surface area (Å²) >= 11 is 0. The summed E-state index contributed by atoms with van der Waals surface area (Å²) in [5, 5.41) is 3.55. The summed E-state index contributed by atoms with van der Waals surface area (Å²) in [6.07, 6.45) is 4.93. The van der Waals surface area contributed by atoms with Gasteiger partial charge in [0.15, 0.2) is 6.61 Å². The molecule has 0 bridgehead atoms. The number of piperidine rings is 2. The molecule has 0 amide bonds. The summed E-state index contributed by atoms with van der Waals surface area (Å²) in [4.78, 5) is 13.8. The first-order chi connectivity index (χ1) is 16.1. The lowest BCUT2D eigenvalue weighted by molar-refractivity contribution is -0.970. The minimum atomic E-state index is -0.369. The molecule has 2 aromatic rings. The number of nitrogens with one attached hydrogen (secondary N) is 1. The van der Waals surface area contributed by atoms with E-state index in [4.69, 9.17) is 4.74 Å². The van der Waals surface area contributed by atoms with E-state index in [1.165, 1.54) is 44.0 Å². The van der Waals surface area contributed by atoms with E-state index in [0.29, 0.717) is 17.8 Å². The van der Waals surface area contributed by atoms with Crippen LogP contribution in [0, 0.1) is 0 Å². The Labute approximate surface area is 198 Å². The number of methoxy groups -OCH3 is 1. The van der Waals surface area contributed by atoms with Crippen molar-refractivity contribution in [2.45, 2.75) is 44.3 Å². The Bertz CT molecular complexity index is 875. The summed E-state index contributed by atoms with van der Waals surface area (Å²) in [6, 6.07) is 20.5. The SMILES string of the molecule is COC(=O)COc1ccc(N2CCC([N+](C)(Cc3ccccc3)C3CCNCC3)CC2)cc1. The molecule has 1 N–H and O–H groups in total. The highest BCUT2D eigenvalue weighted by atomic mass is 16.6. The monoisotopic (exact) mass is 452 g/mol. The van der Waals surface area contributed by atoms with Crippen molar-refractivity contribution in [2.24, 2.45) is 0 Å². The molecule has 0 saturated carbocycles. The zero-order valence-corrected chi connectivity index (χ0v) is 20.0. The molecular weight excluding hydrogens is 414 g/mol. The third kappa shape index (κ3) is 5.87. The van der Waals surface area contributed by atoms with Crippen LogP contribution in [0.25, 0.3) is 0 Å². The highest BCUT2D eigenvalue weighted by molar-refractivity contribution is 5.70. The Morgan fingerprint density at radius 2 is 1.61 bits per heavy atom. The number of hydrogen-bond acceptors (Lipinski definition) is 5. The van der Waals surface area contributed by atoms with Crippen LogP contribution in [0.5, 0.6) is 5.75 Å². The first-order valence-corrected chi connectivity index (χ1v) is 12.2. The third-order valence-electron chi connectivity index (χ3n) is 7.59. The van der Waals surface area contributed by atoms with Gasteiger partial charge in [-0.2, -0.15) is 0 Å². The third-order valence-corrected chi connectivity index (χ3v) is 7.59. The number of quaternary nitrogens is 1. The number of anilines is 1. The highest BCUT2D eigenvalue weighted by Crippen LogP contribution is 2.33. The summed E-state index contributed by atoms with van der Waals surface area (Å²) < 4.78 is 11.3. The fourth-order valence-corrected chi connectivity index (χ4v) is 5.60. The second-order valence-corrected chi connectivity index (χ2v) is 9.55. The van der Waals surface area contributed by atoms with Gasteiger partial charge in [-0.3, -0.25) is 0 Å². The summed E-state index contributed by atoms with van der Waals surface area (Å²) in [5.41, 5.74) is 2.67. The molecule has 1 atom stereocenters. The minimum Gasteiger partial charge on any atom is -0.482 e. The van der Waals surface area contributed by atoms with Crippen LogP contribution in [-0.4, -0.2) is 69.5 Å². The Morgan fingerprint density at radius 3 is 2.24 bits per heavy atom. The van der Waals surface area contributed by atoms with Gasteiger partial charge in [0, 0.05) is 63.1 Å². The van der Waals surface area contributed by atoms with Gasteiger partial charge in [-0.1, -0.05) is 30.3 Å². The van der Waals surface area contributed by atoms with Crippen molar-refractivity contribution in [3.05, 3.63) is 60.2 Å². The second kappa shape index (κ2) is 11.0. The number of esters is 1. The number of carbonyl (C=O) groups excluding carboxylic acids is 1. The van der Waals surface area contributed by atoms with Crippen LogP contribution in [0.1, 0.15) is 31.2 Å². The number of nitrogens with zero attached hydrogens (tertiary/aromatic N) is 2. The van der Waals surface area contributed by atoms with Crippen molar-refractivity contribution in [2.75, 3.05) is 51.8 Å². The molecule has 6 heteroatoms. The number of rotatable bonds is 8. The van der Waals surface area contributed by atoms with Crippen molar-refractivity contribution >= 4 is 11.7 Å². The van der Waals surface area contributed by atoms with Gasteiger partial charge in [0.25, 0.3) is 0 Å². The van der Waals surface area contributed by atoms with E-state index < -0.39 is 0 Å². The molecule has 4 rings (SSSR count). The standard InChI is InChI=1S/C27H38N3O3/c1-30(24-12-16-28-17-13-24,20-22-6-4-3-5-7-22)25-14-18-29(19-15-25)23-8-10-26(11-9-23)33-21-27(31)32-2/h3-11,24-25,28H,12-21H2,1-2H3/q+1. The van der Waals surface area contributed by atoms with Crippen LogP contribution < -0.4 is 15.0 Å². The van der Waals surface area contributed by atoms with Crippen molar-refractivity contribution in [1.29, 1.82) is 0 Å². The Hall–Kier alpha value is -2.57. The van der Waals surface area contributed by atoms with Crippen LogP contribution in [0.15, 0.2) is 54.6 Å². The second-order valence-electron chi connectivity index (χ2n) is 9.55. The van der Waals surface area contributed by atoms with Gasteiger partial charge in [-0.05, 0) is 24.3 Å². The molecule has 2 aromatic carbocycles. The first kappa shape index (κ1) is 23.6. The molecule has 178 valence electrons. The maximum absolute atomic E-state index is 11.3. The largest absolute Gasteiger partial charge is 0.482 e. The maximum atomic E-state index is 11.3. The summed E-state index contributed by atoms with van der Waals surface area (Å²) in [5.74, 6) is 0.323. The number of hydrogen-bond donors (Lipinski definition) is 1. The average Bonchev–Trinajstić information content (AvgIpc) is 2.88. The van der Waals surface area contributed by atoms with Crippen molar-refractivity contribution in [1.82, 2.24) is 5.32 Å². The lowest BCUT2D eigenvalue weighted by atomic mass is 9.92. The first-order valence-electron chi connectivity index (χ1n) is 12.2. The highest BCUT2D eigenvalue weighted by Gasteiger charge is 2.42. The average molecular weight is 453 g/mol. The summed E-state index contributed by atoms with van der Waals surface area (Å²) in [7, 11) is 3.88. The van der Waals surface area contributed by atoms with E-state index in [1.54, 1.807) is 0 Å². The molecule has 1 unspecified atom stereocenters. The van der Waals surface area contributed by atoms with E-state index >= 15 is 0 Å². The van der Waals surface area contributed by atoms with Crippen LogP contribution in [-0.2, 0) is 16.1 Å². The van der Waals surface area contributed by atoms with Crippen molar-refractivity contribution in [3.63, 3.8) is 0 Å². The molecular formula is C27H38N3O3+. The Kier molecular flexibility index (Phi) is 7.89. The molecule has 0 aliphatic carbocycles. The molecule has 0 radical (unpaired) electrons. The Morgan fingerprint density at radius 1 is 0.970 bits per heavy atom. The molecule has 6 nitrogen and oxygen atoms in total. The van der Waals surface area contributed by atoms with Crippen LogP contribution in [0.4, 0.5) is 5.69 Å². The van der Waals surface area contributed by atoms with E-state index in [-0.39, 0.29) is 12.6 Å². The predicted molar refractivity (Wildman–Crippen MR) is 131 cm³/mol. The van der Waals surface area contributed by atoms with Gasteiger partial charge in [0.2, 0.25) is 0 Å². The molecule has 2 fully saturated rings. The van der Waals surface area contributed by atoms with E-state index in [2.05, 4.69) is 64.5 Å². The molecule has 2 saturated heterocycles. The molecule has 33 heavy (non-hydrogen) atoms. The zero-order chi connectivity index (χ0) is 23.1. The van der Waals surface area contributed by atoms with Crippen LogP contribution in [0.2, 0.25) is 0 Å².